The minimum absolute atomic E-state index is 0.0580. The highest BCUT2D eigenvalue weighted by Crippen LogP contribution is 2.44. The summed E-state index contributed by atoms with van der Waals surface area (Å²) in [5.74, 6) is -1.54. The molecule has 11 heteroatoms. The molecule has 0 saturated carbocycles. The van der Waals surface area contributed by atoms with Gasteiger partial charge in [0.15, 0.2) is 5.82 Å². The largest absolute Gasteiger partial charge is 0.354 e. The molecule has 2 saturated heterocycles. The van der Waals surface area contributed by atoms with E-state index < -0.39 is 23.2 Å². The zero-order valence-electron chi connectivity index (χ0n) is 16.3. The lowest BCUT2D eigenvalue weighted by Gasteiger charge is -2.51. The van der Waals surface area contributed by atoms with Gasteiger partial charge in [-0.3, -0.25) is 14.5 Å². The van der Waals surface area contributed by atoms with E-state index in [0.29, 0.717) is 37.3 Å². The van der Waals surface area contributed by atoms with Crippen LogP contribution in [0.3, 0.4) is 0 Å². The Morgan fingerprint density at radius 1 is 1.13 bits per heavy atom. The van der Waals surface area contributed by atoms with Gasteiger partial charge in [0.1, 0.15) is 17.5 Å². The third-order valence-electron chi connectivity index (χ3n) is 6.32. The number of nitrogens with zero attached hydrogens (tertiary/aromatic N) is 4. The maximum Gasteiger partial charge on any atom is 0.286 e. The number of nitrogens with one attached hydrogen (secondary N) is 1. The van der Waals surface area contributed by atoms with Crippen molar-refractivity contribution in [3.63, 3.8) is 0 Å². The predicted molar refractivity (Wildman–Crippen MR) is 128 cm³/mol. The number of fused-ring (bicyclic) bond motifs is 5. The Bertz CT molecular complexity index is 1150. The van der Waals surface area contributed by atoms with E-state index in [4.69, 9.17) is 0 Å². The van der Waals surface area contributed by atoms with Crippen molar-refractivity contribution in [2.75, 3.05) is 36.0 Å². The van der Waals surface area contributed by atoms with Crippen molar-refractivity contribution in [3.05, 3.63) is 33.6 Å². The first kappa shape index (κ1) is 20.8. The fourth-order valence-corrected chi connectivity index (χ4v) is 5.75. The van der Waals surface area contributed by atoms with Crippen molar-refractivity contribution < 1.29 is 13.6 Å². The van der Waals surface area contributed by atoms with Crippen molar-refractivity contribution >= 4 is 73.9 Å². The van der Waals surface area contributed by atoms with Gasteiger partial charge in [0.2, 0.25) is 0 Å². The quantitative estimate of drug-likeness (QED) is 0.383. The summed E-state index contributed by atoms with van der Waals surface area (Å²) < 4.78 is 33.0. The Morgan fingerprint density at radius 2 is 1.83 bits per heavy atom. The molecule has 3 aliphatic rings. The second-order valence-electron chi connectivity index (χ2n) is 8.10. The standard InChI is InChI=1S/C19H19F2I2N5O2/c1-8-6-25-13(7-26(8)22)18(29)27(10-4-24-5-10)17-16(25)11-3-12(20)9(2)14(21)15(11)28(23)19(17)30/h3,8,10,13,24H,4-7H2,1-2H3. The molecule has 2 unspecified atom stereocenters. The first-order chi connectivity index (χ1) is 14.2. The Hall–Kier alpha value is -1.06. The summed E-state index contributed by atoms with van der Waals surface area (Å²) in [6, 6.07) is 0.747. The molecule has 0 bridgehead atoms. The molecule has 160 valence electrons. The van der Waals surface area contributed by atoms with Gasteiger partial charge in [0, 0.05) is 66.0 Å². The fraction of sp³-hybridized carbons (Fsp3) is 0.474. The monoisotopic (exact) mass is 641 g/mol. The average Bonchev–Trinajstić information content (AvgIpc) is 2.66. The van der Waals surface area contributed by atoms with Crippen LogP contribution >= 0.6 is 45.7 Å². The van der Waals surface area contributed by atoms with Gasteiger partial charge in [0.05, 0.1) is 40.1 Å². The minimum Gasteiger partial charge on any atom is -0.354 e. The highest BCUT2D eigenvalue weighted by molar-refractivity contribution is 14.1. The van der Waals surface area contributed by atoms with Gasteiger partial charge < -0.3 is 10.2 Å². The first-order valence-electron chi connectivity index (χ1n) is 9.68. The van der Waals surface area contributed by atoms with Crippen molar-refractivity contribution in [1.82, 2.24) is 11.2 Å². The molecule has 0 radical (unpaired) electrons. The van der Waals surface area contributed by atoms with E-state index in [2.05, 4.69) is 31.3 Å². The third kappa shape index (κ3) is 2.77. The van der Waals surface area contributed by atoms with Crippen LogP contribution in [0.25, 0.3) is 10.9 Å². The molecule has 3 aliphatic heterocycles. The first-order valence-corrected chi connectivity index (χ1v) is 11.6. The lowest BCUT2D eigenvalue weighted by Crippen LogP contribution is -2.69. The number of pyridine rings is 1. The topological polar surface area (TPSA) is 60.8 Å². The molecule has 7 nitrogen and oxygen atoms in total. The van der Waals surface area contributed by atoms with Crippen LogP contribution in [-0.2, 0) is 4.79 Å². The number of piperazine rings is 1. The number of benzene rings is 1. The average molecular weight is 641 g/mol. The van der Waals surface area contributed by atoms with Crippen molar-refractivity contribution in [1.29, 1.82) is 0 Å². The van der Waals surface area contributed by atoms with Gasteiger partial charge in [-0.15, -0.1) is 0 Å². The van der Waals surface area contributed by atoms with E-state index in [1.165, 1.54) is 15.8 Å². The van der Waals surface area contributed by atoms with E-state index in [1.807, 2.05) is 11.8 Å². The van der Waals surface area contributed by atoms with Crippen LogP contribution in [0.1, 0.15) is 12.5 Å². The van der Waals surface area contributed by atoms with Crippen molar-refractivity contribution in [2.45, 2.75) is 32.0 Å². The van der Waals surface area contributed by atoms with E-state index in [-0.39, 0.29) is 34.8 Å². The summed E-state index contributed by atoms with van der Waals surface area (Å²) in [6.45, 7) is 5.51. The Morgan fingerprint density at radius 3 is 2.47 bits per heavy atom. The number of hydrogen-bond acceptors (Lipinski definition) is 5. The van der Waals surface area contributed by atoms with Crippen LogP contribution in [0.5, 0.6) is 0 Å². The van der Waals surface area contributed by atoms with Crippen LogP contribution in [0, 0.1) is 18.6 Å². The highest BCUT2D eigenvalue weighted by atomic mass is 127. The Labute approximate surface area is 199 Å². The van der Waals surface area contributed by atoms with Crippen LogP contribution in [0.4, 0.5) is 20.2 Å². The molecule has 0 aliphatic carbocycles. The molecule has 5 rings (SSSR count). The summed E-state index contributed by atoms with van der Waals surface area (Å²) >= 11 is 3.96. The number of amides is 1. The molecule has 1 aromatic carbocycles. The lowest BCUT2D eigenvalue weighted by molar-refractivity contribution is -0.121. The Balaban J connectivity index is 1.89. The van der Waals surface area contributed by atoms with Gasteiger partial charge in [-0.05, 0) is 19.9 Å². The van der Waals surface area contributed by atoms with Gasteiger partial charge in [-0.25, -0.2) is 14.7 Å². The van der Waals surface area contributed by atoms with E-state index in [0.717, 1.165) is 0 Å². The van der Waals surface area contributed by atoms with Gasteiger partial charge in [-0.1, -0.05) is 0 Å². The zero-order valence-corrected chi connectivity index (χ0v) is 20.6. The predicted octanol–water partition coefficient (Wildman–Crippen LogP) is 2.33. The SMILES string of the molecule is Cc1c(F)cc2c3c(c(=O)n(I)c2c1F)N(C1CNC1)C(=O)C1CN(I)C(C)CN31. The highest BCUT2D eigenvalue weighted by Gasteiger charge is 2.48. The number of anilines is 2. The fourth-order valence-electron chi connectivity index (χ4n) is 4.50. The van der Waals surface area contributed by atoms with E-state index in [9.17, 15) is 14.0 Å². The summed E-state index contributed by atoms with van der Waals surface area (Å²) in [4.78, 5) is 30.4. The summed E-state index contributed by atoms with van der Waals surface area (Å²) in [7, 11) is 0. The van der Waals surface area contributed by atoms with Crippen LogP contribution < -0.4 is 20.7 Å². The summed E-state index contributed by atoms with van der Waals surface area (Å²) in [5, 5.41) is 3.47. The summed E-state index contributed by atoms with van der Waals surface area (Å²) in [6.07, 6.45) is 0. The van der Waals surface area contributed by atoms with Crippen molar-refractivity contribution in [3.8, 4) is 0 Å². The smallest absolute Gasteiger partial charge is 0.286 e. The molecule has 2 fully saturated rings. The molecule has 1 aromatic heterocycles. The lowest BCUT2D eigenvalue weighted by atomic mass is 9.96. The van der Waals surface area contributed by atoms with Gasteiger partial charge in [0.25, 0.3) is 11.5 Å². The molecule has 1 amide bonds. The number of halogens is 4. The number of hydrogen-bond donors (Lipinski definition) is 1. The second-order valence-corrected chi connectivity index (χ2v) is 10.3. The normalized spacial score (nSPS) is 24.8. The molecular weight excluding hydrogens is 622 g/mol. The number of aromatic nitrogens is 1. The molecule has 4 heterocycles. The molecule has 2 atom stereocenters. The maximum absolute atomic E-state index is 15.1. The number of carbonyl (C=O) groups excluding carboxylic acids is 1. The zero-order chi connectivity index (χ0) is 21.5. The molecular formula is C19H19F2I2N5O2. The van der Waals surface area contributed by atoms with Gasteiger partial charge in [-0.2, -0.15) is 0 Å². The third-order valence-corrected chi connectivity index (χ3v) is 8.58. The molecule has 0 spiro atoms. The van der Waals surface area contributed by atoms with Gasteiger partial charge >= 0.3 is 0 Å². The maximum atomic E-state index is 15.1. The number of carbonyl (C=O) groups is 1. The van der Waals surface area contributed by atoms with Crippen LogP contribution in [-0.4, -0.2) is 56.1 Å². The van der Waals surface area contributed by atoms with Crippen LogP contribution in [0.15, 0.2) is 10.9 Å². The minimum atomic E-state index is -0.745. The van der Waals surface area contributed by atoms with E-state index in [1.54, 1.807) is 27.8 Å². The number of rotatable bonds is 1. The van der Waals surface area contributed by atoms with Crippen LogP contribution in [0.2, 0.25) is 0 Å². The Kier molecular flexibility index (Phi) is 5.02. The van der Waals surface area contributed by atoms with Crippen molar-refractivity contribution in [2.24, 2.45) is 0 Å². The second kappa shape index (κ2) is 7.24. The molecule has 1 N–H and O–H groups in total. The molecule has 2 aromatic rings. The summed E-state index contributed by atoms with van der Waals surface area (Å²) in [5.41, 5.74) is 0.171. The van der Waals surface area contributed by atoms with E-state index >= 15 is 4.39 Å². The molecule has 30 heavy (non-hydrogen) atoms.